The highest BCUT2D eigenvalue weighted by atomic mass is 19.1. The molecular formula is C14H18BFN2O2. The van der Waals surface area contributed by atoms with Gasteiger partial charge in [0, 0.05) is 11.2 Å². The van der Waals surface area contributed by atoms with Gasteiger partial charge in [0.25, 0.3) is 0 Å². The predicted octanol–water partition coefficient (Wildman–Crippen LogP) is 0.930. The number of nitrogens with zero attached hydrogens (tertiary/aromatic N) is 2. The topological polar surface area (TPSA) is 58.3 Å². The van der Waals surface area contributed by atoms with Crippen molar-refractivity contribution in [1.82, 2.24) is 9.78 Å². The summed E-state index contributed by atoms with van der Waals surface area (Å²) in [5.41, 5.74) is 3.96. The molecule has 0 saturated heterocycles. The van der Waals surface area contributed by atoms with Crippen molar-refractivity contribution >= 4 is 12.6 Å². The summed E-state index contributed by atoms with van der Waals surface area (Å²) in [7, 11) is -1.80. The summed E-state index contributed by atoms with van der Waals surface area (Å²) in [5.74, 6) is -0.619. The molecule has 0 fully saturated rings. The van der Waals surface area contributed by atoms with E-state index in [4.69, 9.17) is 10.0 Å². The SMILES string of the molecule is CCc1c(C)nn(Cc2ccc(F)c(B(O)O)c2)c1C. The van der Waals surface area contributed by atoms with E-state index in [1.54, 1.807) is 6.07 Å². The van der Waals surface area contributed by atoms with E-state index in [-0.39, 0.29) is 5.46 Å². The van der Waals surface area contributed by atoms with Crippen LogP contribution in [-0.2, 0) is 13.0 Å². The highest BCUT2D eigenvalue weighted by Gasteiger charge is 2.17. The van der Waals surface area contributed by atoms with Crippen molar-refractivity contribution in [2.75, 3.05) is 0 Å². The van der Waals surface area contributed by atoms with E-state index in [0.717, 1.165) is 23.4 Å². The van der Waals surface area contributed by atoms with Gasteiger partial charge in [0.2, 0.25) is 0 Å². The van der Waals surface area contributed by atoms with Gasteiger partial charge in [-0.05, 0) is 37.5 Å². The molecule has 0 aliphatic carbocycles. The summed E-state index contributed by atoms with van der Waals surface area (Å²) in [6.45, 7) is 6.53. The maximum atomic E-state index is 13.4. The molecule has 2 N–H and O–H groups in total. The lowest BCUT2D eigenvalue weighted by Gasteiger charge is -2.08. The van der Waals surface area contributed by atoms with Crippen molar-refractivity contribution in [3.63, 3.8) is 0 Å². The zero-order valence-electron chi connectivity index (χ0n) is 11.9. The number of aryl methyl sites for hydroxylation is 1. The first-order valence-electron chi connectivity index (χ1n) is 6.61. The van der Waals surface area contributed by atoms with Gasteiger partial charge < -0.3 is 10.0 Å². The normalized spacial score (nSPS) is 10.9. The van der Waals surface area contributed by atoms with Crippen LogP contribution in [0.2, 0.25) is 0 Å². The zero-order valence-corrected chi connectivity index (χ0v) is 11.9. The fourth-order valence-corrected chi connectivity index (χ4v) is 2.46. The Balaban J connectivity index is 2.33. The molecule has 2 aromatic rings. The van der Waals surface area contributed by atoms with Crippen LogP contribution in [0.1, 0.15) is 29.4 Å². The van der Waals surface area contributed by atoms with Crippen molar-refractivity contribution in [3.8, 4) is 0 Å². The Morgan fingerprint density at radius 2 is 2.00 bits per heavy atom. The molecule has 0 aliphatic rings. The average molecular weight is 276 g/mol. The van der Waals surface area contributed by atoms with Gasteiger partial charge in [-0.15, -0.1) is 0 Å². The lowest BCUT2D eigenvalue weighted by Crippen LogP contribution is -2.33. The molecule has 0 radical (unpaired) electrons. The van der Waals surface area contributed by atoms with E-state index >= 15 is 0 Å². The lowest BCUT2D eigenvalue weighted by molar-refractivity contribution is 0.423. The second kappa shape index (κ2) is 5.77. The van der Waals surface area contributed by atoms with Gasteiger partial charge in [0.15, 0.2) is 0 Å². The van der Waals surface area contributed by atoms with E-state index in [9.17, 15) is 4.39 Å². The third-order valence-corrected chi connectivity index (χ3v) is 3.56. The summed E-state index contributed by atoms with van der Waals surface area (Å²) in [4.78, 5) is 0. The monoisotopic (exact) mass is 276 g/mol. The van der Waals surface area contributed by atoms with Crippen molar-refractivity contribution in [2.45, 2.75) is 33.7 Å². The Kier molecular flexibility index (Phi) is 4.25. The molecule has 106 valence electrons. The summed E-state index contributed by atoms with van der Waals surface area (Å²) < 4.78 is 15.3. The van der Waals surface area contributed by atoms with Crippen LogP contribution in [0, 0.1) is 19.7 Å². The number of aromatic nitrogens is 2. The second-order valence-electron chi connectivity index (χ2n) is 4.89. The highest BCUT2D eigenvalue weighted by molar-refractivity contribution is 6.58. The third-order valence-electron chi connectivity index (χ3n) is 3.56. The summed E-state index contributed by atoms with van der Waals surface area (Å²) in [6.07, 6.45) is 0.918. The van der Waals surface area contributed by atoms with Crippen molar-refractivity contribution in [2.24, 2.45) is 0 Å². The number of benzene rings is 1. The molecule has 1 heterocycles. The maximum Gasteiger partial charge on any atom is 0.491 e. The Morgan fingerprint density at radius 1 is 1.30 bits per heavy atom. The first-order chi connectivity index (χ1) is 9.43. The number of halogens is 1. The van der Waals surface area contributed by atoms with Crippen LogP contribution in [0.3, 0.4) is 0 Å². The van der Waals surface area contributed by atoms with E-state index in [2.05, 4.69) is 12.0 Å². The molecule has 4 nitrogen and oxygen atoms in total. The molecule has 0 saturated carbocycles. The van der Waals surface area contributed by atoms with Gasteiger partial charge >= 0.3 is 7.12 Å². The van der Waals surface area contributed by atoms with E-state index < -0.39 is 12.9 Å². The van der Waals surface area contributed by atoms with Crippen LogP contribution < -0.4 is 5.46 Å². The summed E-state index contributed by atoms with van der Waals surface area (Å²) in [6, 6.07) is 4.34. The molecular weight excluding hydrogens is 258 g/mol. The first-order valence-corrected chi connectivity index (χ1v) is 6.61. The standard InChI is InChI=1S/C14H18BFN2O2/c1-4-12-9(2)17-18(10(12)3)8-11-5-6-14(16)13(7-11)15(19)20/h5-7,19-20H,4,8H2,1-3H3. The molecule has 20 heavy (non-hydrogen) atoms. The maximum absolute atomic E-state index is 13.4. The fraction of sp³-hybridized carbons (Fsp3) is 0.357. The quantitative estimate of drug-likeness (QED) is 0.817. The van der Waals surface area contributed by atoms with E-state index in [1.165, 1.54) is 17.7 Å². The van der Waals surface area contributed by atoms with Crippen LogP contribution in [0.4, 0.5) is 4.39 Å². The Labute approximate surface area is 118 Å². The minimum Gasteiger partial charge on any atom is -0.423 e. The van der Waals surface area contributed by atoms with E-state index in [1.807, 2.05) is 18.5 Å². The van der Waals surface area contributed by atoms with Gasteiger partial charge in [0.1, 0.15) is 5.82 Å². The largest absolute Gasteiger partial charge is 0.491 e. The minimum absolute atomic E-state index is 0.111. The second-order valence-corrected chi connectivity index (χ2v) is 4.89. The summed E-state index contributed by atoms with van der Waals surface area (Å²) >= 11 is 0. The van der Waals surface area contributed by atoms with E-state index in [0.29, 0.717) is 6.54 Å². The minimum atomic E-state index is -1.80. The van der Waals surface area contributed by atoms with Gasteiger partial charge in [-0.3, -0.25) is 4.68 Å². The van der Waals surface area contributed by atoms with Gasteiger partial charge in [-0.25, -0.2) is 4.39 Å². The van der Waals surface area contributed by atoms with Gasteiger partial charge in [-0.1, -0.05) is 19.1 Å². The average Bonchev–Trinajstić information content (AvgIpc) is 2.66. The molecule has 1 aromatic carbocycles. The molecule has 2 rings (SSSR count). The molecule has 0 bridgehead atoms. The van der Waals surface area contributed by atoms with Crippen LogP contribution in [-0.4, -0.2) is 26.9 Å². The molecule has 1 aromatic heterocycles. The number of hydrogen-bond acceptors (Lipinski definition) is 3. The molecule has 0 aliphatic heterocycles. The molecule has 0 amide bonds. The first kappa shape index (κ1) is 14.7. The van der Waals surface area contributed by atoms with Crippen LogP contribution in [0.5, 0.6) is 0 Å². The highest BCUT2D eigenvalue weighted by Crippen LogP contribution is 2.15. The van der Waals surface area contributed by atoms with Crippen molar-refractivity contribution in [3.05, 3.63) is 46.5 Å². The third kappa shape index (κ3) is 2.76. The molecule has 0 spiro atoms. The number of hydrogen-bond donors (Lipinski definition) is 2. The Hall–Kier alpha value is -1.66. The fourth-order valence-electron chi connectivity index (χ4n) is 2.46. The van der Waals surface area contributed by atoms with Crippen LogP contribution in [0.25, 0.3) is 0 Å². The van der Waals surface area contributed by atoms with Gasteiger partial charge in [0.05, 0.1) is 12.2 Å². The predicted molar refractivity (Wildman–Crippen MR) is 76.4 cm³/mol. The smallest absolute Gasteiger partial charge is 0.423 e. The Bertz CT molecular complexity index is 626. The van der Waals surface area contributed by atoms with Gasteiger partial charge in [-0.2, -0.15) is 5.10 Å². The molecule has 0 unspecified atom stereocenters. The van der Waals surface area contributed by atoms with Crippen molar-refractivity contribution < 1.29 is 14.4 Å². The lowest BCUT2D eigenvalue weighted by atomic mass is 9.79. The zero-order chi connectivity index (χ0) is 14.9. The summed E-state index contributed by atoms with van der Waals surface area (Å²) in [5, 5.41) is 22.7. The van der Waals surface area contributed by atoms with Crippen LogP contribution in [0.15, 0.2) is 18.2 Å². The van der Waals surface area contributed by atoms with Crippen LogP contribution >= 0.6 is 0 Å². The molecule has 6 heteroatoms. The number of rotatable bonds is 4. The Morgan fingerprint density at radius 3 is 2.55 bits per heavy atom. The van der Waals surface area contributed by atoms with Crippen molar-refractivity contribution in [1.29, 1.82) is 0 Å². The molecule has 0 atom stereocenters.